The quantitative estimate of drug-likeness (QED) is 0.306. The van der Waals surface area contributed by atoms with E-state index < -0.39 is 10.5 Å². The molecular formula is C21H13B5ClN5O3S. The maximum Gasteiger partial charge on any atom is 0.263 e. The number of carbonyl (C=O) groups is 1. The van der Waals surface area contributed by atoms with Crippen LogP contribution in [0, 0.1) is 0 Å². The van der Waals surface area contributed by atoms with Gasteiger partial charge >= 0.3 is 0 Å². The summed E-state index contributed by atoms with van der Waals surface area (Å²) in [6.45, 7) is 0.950. The Hall–Kier alpha value is -2.69. The van der Waals surface area contributed by atoms with Gasteiger partial charge in [0.25, 0.3) is 5.91 Å². The van der Waals surface area contributed by atoms with Crippen molar-refractivity contribution in [3.63, 3.8) is 0 Å². The Morgan fingerprint density at radius 3 is 2.61 bits per heavy atom. The Balaban J connectivity index is 1.48. The highest BCUT2D eigenvalue weighted by atomic mass is 35.5. The second-order valence-electron chi connectivity index (χ2n) is 8.23. The molecule has 0 fully saturated rings. The Morgan fingerprint density at radius 1 is 1.06 bits per heavy atom. The minimum absolute atomic E-state index is 0.0563. The highest BCUT2D eigenvalue weighted by Crippen LogP contribution is 2.41. The first-order valence-corrected chi connectivity index (χ1v) is 11.9. The second kappa shape index (κ2) is 9.32. The summed E-state index contributed by atoms with van der Waals surface area (Å²) in [5.41, 5.74) is 1.81. The third kappa shape index (κ3) is 4.69. The SMILES string of the molecule is [B]C([B])([B])C([B])([B])OCc1cnc(Cl)nc1Oc1ccc2c(ccc3sc4c(c32)NCCNC4=O)n1. The van der Waals surface area contributed by atoms with Gasteiger partial charge in [0.15, 0.2) is 0 Å². The summed E-state index contributed by atoms with van der Waals surface area (Å²) in [6, 6.07) is 7.33. The number of aromatic nitrogens is 3. The molecule has 5 rings (SSSR count). The highest BCUT2D eigenvalue weighted by Gasteiger charge is 2.31. The Bertz CT molecular complexity index is 1500. The van der Waals surface area contributed by atoms with Crippen molar-refractivity contribution in [1.29, 1.82) is 0 Å². The molecule has 168 valence electrons. The first-order chi connectivity index (χ1) is 17.0. The monoisotopic (exact) mass is 505 g/mol. The molecule has 0 spiro atoms. The van der Waals surface area contributed by atoms with Gasteiger partial charge in [0.1, 0.15) is 4.88 Å². The van der Waals surface area contributed by atoms with E-state index >= 15 is 0 Å². The molecule has 3 aromatic heterocycles. The summed E-state index contributed by atoms with van der Waals surface area (Å²) in [7, 11) is 28.2. The molecule has 4 heterocycles. The van der Waals surface area contributed by atoms with E-state index in [0.29, 0.717) is 29.0 Å². The number of carbonyl (C=O) groups excluding carboxylic acids is 1. The standard InChI is InChI=1S/C21H13B5ClN5O3S/c22-20(23,24)21(25,26)34-8-9-7-30-19(27)32-18(9)35-13-4-1-10-11(31-13)2-3-12-14(10)15-16(36-12)17(33)29-6-5-28-15/h1-4,7,28H,5-6,8H2,(H,29,33). The normalized spacial score (nSPS) is 14.2. The van der Waals surface area contributed by atoms with Crippen molar-refractivity contribution >= 4 is 94.8 Å². The van der Waals surface area contributed by atoms with E-state index in [1.165, 1.54) is 17.5 Å². The maximum absolute atomic E-state index is 12.5. The van der Waals surface area contributed by atoms with E-state index in [2.05, 4.69) is 25.6 Å². The third-order valence-electron chi connectivity index (χ3n) is 5.56. The van der Waals surface area contributed by atoms with E-state index in [1.54, 1.807) is 6.07 Å². The van der Waals surface area contributed by atoms with Crippen LogP contribution in [0.1, 0.15) is 15.2 Å². The molecule has 1 amide bonds. The molecule has 0 aliphatic carbocycles. The number of benzene rings is 1. The second-order valence-corrected chi connectivity index (χ2v) is 9.62. The van der Waals surface area contributed by atoms with Crippen LogP contribution < -0.4 is 15.4 Å². The van der Waals surface area contributed by atoms with Gasteiger partial charge in [-0.1, -0.05) is 0 Å². The van der Waals surface area contributed by atoms with Crippen LogP contribution in [0.15, 0.2) is 30.5 Å². The van der Waals surface area contributed by atoms with Crippen molar-refractivity contribution in [1.82, 2.24) is 20.3 Å². The predicted octanol–water partition coefficient (Wildman–Crippen LogP) is 1.93. The van der Waals surface area contributed by atoms with Gasteiger partial charge in [-0.15, -0.1) is 16.4 Å². The number of thiophene rings is 1. The number of rotatable bonds is 6. The number of ether oxygens (including phenoxy) is 2. The van der Waals surface area contributed by atoms with Crippen molar-refractivity contribution < 1.29 is 14.3 Å². The van der Waals surface area contributed by atoms with Crippen LogP contribution in [0.5, 0.6) is 11.8 Å². The van der Waals surface area contributed by atoms with Crippen LogP contribution in [0.3, 0.4) is 0 Å². The van der Waals surface area contributed by atoms with Gasteiger partial charge in [-0.25, -0.2) is 9.97 Å². The number of nitrogens with one attached hydrogen (secondary N) is 2. The van der Waals surface area contributed by atoms with E-state index in [0.717, 1.165) is 21.2 Å². The van der Waals surface area contributed by atoms with Crippen LogP contribution in [0.4, 0.5) is 5.69 Å². The van der Waals surface area contributed by atoms with Crippen molar-refractivity contribution in [3.8, 4) is 11.8 Å². The molecule has 10 radical (unpaired) electrons. The number of fused-ring (bicyclic) bond motifs is 5. The minimum Gasteiger partial charge on any atom is -0.420 e. The first kappa shape index (κ1) is 25.0. The minimum atomic E-state index is -2.06. The zero-order valence-electron chi connectivity index (χ0n) is 18.7. The fourth-order valence-corrected chi connectivity index (χ4v) is 4.83. The molecule has 1 aliphatic rings. The van der Waals surface area contributed by atoms with E-state index in [9.17, 15) is 4.79 Å². The van der Waals surface area contributed by atoms with Gasteiger partial charge in [0.2, 0.25) is 17.0 Å². The van der Waals surface area contributed by atoms with Crippen molar-refractivity contribution in [2.75, 3.05) is 18.4 Å². The van der Waals surface area contributed by atoms with Crippen LogP contribution in [0.2, 0.25) is 10.4 Å². The summed E-state index contributed by atoms with van der Waals surface area (Å²) in [5, 5.41) is 3.91. The third-order valence-corrected chi connectivity index (χ3v) is 6.89. The summed E-state index contributed by atoms with van der Waals surface area (Å²) >= 11 is 7.40. The van der Waals surface area contributed by atoms with Crippen molar-refractivity contribution in [3.05, 3.63) is 46.2 Å². The van der Waals surface area contributed by atoms with Crippen LogP contribution >= 0.6 is 22.9 Å². The predicted molar refractivity (Wildman–Crippen MR) is 144 cm³/mol. The smallest absolute Gasteiger partial charge is 0.263 e. The lowest BCUT2D eigenvalue weighted by atomic mass is 9.28. The fourth-order valence-electron chi connectivity index (χ4n) is 3.59. The number of halogens is 1. The topological polar surface area (TPSA) is 98.3 Å². The lowest BCUT2D eigenvalue weighted by molar-refractivity contribution is 0.0628. The highest BCUT2D eigenvalue weighted by molar-refractivity contribution is 7.21. The molecular weight excluding hydrogens is 492 g/mol. The zero-order valence-corrected chi connectivity index (χ0v) is 20.3. The molecule has 1 aromatic carbocycles. The van der Waals surface area contributed by atoms with Gasteiger partial charge in [-0.05, 0) is 35.2 Å². The van der Waals surface area contributed by atoms with Gasteiger partial charge in [0, 0.05) is 40.8 Å². The van der Waals surface area contributed by atoms with Gasteiger partial charge in [0.05, 0.1) is 62.6 Å². The number of pyridine rings is 1. The number of nitrogens with zero attached hydrogens (tertiary/aromatic N) is 3. The number of hydrogen-bond acceptors (Lipinski definition) is 8. The zero-order chi connectivity index (χ0) is 25.7. The van der Waals surface area contributed by atoms with Crippen LogP contribution in [-0.2, 0) is 11.3 Å². The first-order valence-electron chi connectivity index (χ1n) is 10.7. The average molecular weight is 505 g/mol. The summed E-state index contributed by atoms with van der Waals surface area (Å²) in [5.74, 6) is 0.211. The Kier molecular flexibility index (Phi) is 6.47. The molecule has 1 aliphatic heterocycles. The molecule has 0 saturated heterocycles. The summed E-state index contributed by atoms with van der Waals surface area (Å²) < 4.78 is 12.3. The van der Waals surface area contributed by atoms with Gasteiger partial charge in [-0.3, -0.25) is 4.79 Å². The molecule has 0 bridgehead atoms. The molecule has 2 N–H and O–H groups in total. The van der Waals surface area contributed by atoms with Gasteiger partial charge in [-0.2, -0.15) is 4.98 Å². The molecule has 36 heavy (non-hydrogen) atoms. The molecule has 15 heteroatoms. The van der Waals surface area contributed by atoms with Crippen LogP contribution in [0.25, 0.3) is 21.0 Å². The molecule has 4 aromatic rings. The Labute approximate surface area is 222 Å². The number of amides is 1. The number of anilines is 1. The van der Waals surface area contributed by atoms with Gasteiger partial charge < -0.3 is 20.1 Å². The van der Waals surface area contributed by atoms with E-state index in [-0.39, 0.29) is 29.6 Å². The summed E-state index contributed by atoms with van der Waals surface area (Å²) in [4.78, 5) is 25.8. The average Bonchev–Trinajstić information content (AvgIpc) is 3.10. The molecule has 0 saturated carbocycles. The lowest BCUT2D eigenvalue weighted by Crippen LogP contribution is -2.48. The maximum atomic E-state index is 12.5. The molecule has 8 nitrogen and oxygen atoms in total. The summed E-state index contributed by atoms with van der Waals surface area (Å²) in [6.07, 6.45) is 1.38. The van der Waals surface area contributed by atoms with E-state index in [1.807, 2.05) is 18.2 Å². The van der Waals surface area contributed by atoms with E-state index in [4.69, 9.17) is 60.3 Å². The lowest BCUT2D eigenvalue weighted by Gasteiger charge is -2.41. The Morgan fingerprint density at radius 2 is 1.83 bits per heavy atom. The van der Waals surface area contributed by atoms with Crippen LogP contribution in [-0.4, -0.2) is 78.6 Å². The van der Waals surface area contributed by atoms with Crippen molar-refractivity contribution in [2.45, 2.75) is 17.1 Å². The molecule has 0 atom stereocenters. The largest absolute Gasteiger partial charge is 0.420 e. The van der Waals surface area contributed by atoms with Crippen molar-refractivity contribution in [2.24, 2.45) is 0 Å². The number of hydrogen-bond donors (Lipinski definition) is 2. The fraction of sp³-hybridized carbons (Fsp3) is 0.238. The molecule has 0 unspecified atom stereocenters.